The van der Waals surface area contributed by atoms with Gasteiger partial charge in [-0.1, -0.05) is 23.8 Å². The molecule has 1 saturated heterocycles. The number of anilines is 1. The highest BCUT2D eigenvalue weighted by Crippen LogP contribution is 2.53. The SMILES string of the molecule is O=C1[C@@H]2[C@H](C(=O)N1c1ccc(Cl)c(F)c1)[C@@H]1C=C[C@H]2C1. The fourth-order valence-electron chi connectivity index (χ4n) is 3.78. The Morgan fingerprint density at radius 3 is 2.25 bits per heavy atom. The number of carbonyl (C=O) groups is 2. The highest BCUT2D eigenvalue weighted by atomic mass is 35.5. The summed E-state index contributed by atoms with van der Waals surface area (Å²) < 4.78 is 13.5. The summed E-state index contributed by atoms with van der Waals surface area (Å²) in [5.74, 6) is -1.26. The molecular weight excluding hydrogens is 281 g/mol. The second kappa shape index (κ2) is 3.92. The number of hydrogen-bond acceptors (Lipinski definition) is 2. The zero-order valence-electron chi connectivity index (χ0n) is 10.4. The highest BCUT2D eigenvalue weighted by molar-refractivity contribution is 6.31. The van der Waals surface area contributed by atoms with Crippen LogP contribution in [0.5, 0.6) is 0 Å². The van der Waals surface area contributed by atoms with Crippen molar-refractivity contribution in [3.63, 3.8) is 0 Å². The van der Waals surface area contributed by atoms with Gasteiger partial charge in [-0.05, 0) is 36.5 Å². The molecule has 102 valence electrons. The first kappa shape index (κ1) is 12.1. The number of halogens is 2. The minimum Gasteiger partial charge on any atom is -0.274 e. The number of hydrogen-bond donors (Lipinski definition) is 0. The third kappa shape index (κ3) is 1.40. The Hall–Kier alpha value is -1.68. The van der Waals surface area contributed by atoms with E-state index in [1.54, 1.807) is 0 Å². The first-order valence-corrected chi connectivity index (χ1v) is 6.97. The van der Waals surface area contributed by atoms with E-state index in [4.69, 9.17) is 11.6 Å². The molecular formula is C15H11ClFNO2. The van der Waals surface area contributed by atoms with Crippen LogP contribution in [0.3, 0.4) is 0 Å². The number of carbonyl (C=O) groups excluding carboxylic acids is 2. The minimum absolute atomic E-state index is 0.0187. The van der Waals surface area contributed by atoms with Gasteiger partial charge in [0, 0.05) is 0 Å². The Morgan fingerprint density at radius 2 is 1.70 bits per heavy atom. The van der Waals surface area contributed by atoms with E-state index < -0.39 is 5.82 Å². The summed E-state index contributed by atoms with van der Waals surface area (Å²) in [7, 11) is 0. The molecule has 2 amide bonds. The monoisotopic (exact) mass is 291 g/mol. The number of rotatable bonds is 1. The van der Waals surface area contributed by atoms with Crippen molar-refractivity contribution in [3.8, 4) is 0 Å². The van der Waals surface area contributed by atoms with Crippen molar-refractivity contribution in [2.75, 3.05) is 4.90 Å². The van der Waals surface area contributed by atoms with Crippen LogP contribution >= 0.6 is 11.6 Å². The highest BCUT2D eigenvalue weighted by Gasteiger charge is 2.59. The summed E-state index contributed by atoms with van der Waals surface area (Å²) in [6.45, 7) is 0. The van der Waals surface area contributed by atoms with E-state index in [-0.39, 0.29) is 46.2 Å². The van der Waals surface area contributed by atoms with Crippen LogP contribution in [0.15, 0.2) is 30.4 Å². The Labute approximate surface area is 120 Å². The third-order valence-electron chi connectivity index (χ3n) is 4.63. The average molecular weight is 292 g/mol. The van der Waals surface area contributed by atoms with Crippen LogP contribution in [-0.4, -0.2) is 11.8 Å². The Kier molecular flexibility index (Phi) is 2.37. The molecule has 5 heteroatoms. The number of amides is 2. The second-order valence-corrected chi connectivity index (χ2v) is 6.02. The fourth-order valence-corrected chi connectivity index (χ4v) is 3.90. The molecule has 2 bridgehead atoms. The fraction of sp³-hybridized carbons (Fsp3) is 0.333. The second-order valence-electron chi connectivity index (χ2n) is 5.61. The molecule has 0 aromatic heterocycles. The zero-order chi connectivity index (χ0) is 14.0. The van der Waals surface area contributed by atoms with Crippen molar-refractivity contribution in [1.29, 1.82) is 0 Å². The molecule has 3 nitrogen and oxygen atoms in total. The predicted molar refractivity (Wildman–Crippen MR) is 71.6 cm³/mol. The lowest BCUT2D eigenvalue weighted by Gasteiger charge is -2.17. The standard InChI is InChI=1S/C15H11ClFNO2/c16-10-4-3-9(6-11(10)17)18-14(19)12-7-1-2-8(5-7)13(12)15(18)20/h1-4,6-8,12-13H,5H2/t7-,8+,12-,13+. The molecule has 0 unspecified atom stereocenters. The van der Waals surface area contributed by atoms with E-state index in [2.05, 4.69) is 0 Å². The zero-order valence-corrected chi connectivity index (χ0v) is 11.2. The van der Waals surface area contributed by atoms with Crippen molar-refractivity contribution in [3.05, 3.63) is 41.2 Å². The predicted octanol–water partition coefficient (Wildman–Crippen LogP) is 2.79. The summed E-state index contributed by atoms with van der Waals surface area (Å²) in [6.07, 6.45) is 4.95. The molecule has 1 heterocycles. The van der Waals surface area contributed by atoms with E-state index in [0.29, 0.717) is 0 Å². The van der Waals surface area contributed by atoms with Gasteiger partial charge in [-0.3, -0.25) is 9.59 Å². The van der Waals surface area contributed by atoms with Gasteiger partial charge in [0.2, 0.25) is 11.8 Å². The van der Waals surface area contributed by atoms with Crippen molar-refractivity contribution in [1.82, 2.24) is 0 Å². The van der Waals surface area contributed by atoms with Crippen LogP contribution < -0.4 is 4.90 Å². The van der Waals surface area contributed by atoms with Crippen LogP contribution in [0.1, 0.15) is 6.42 Å². The van der Waals surface area contributed by atoms with Crippen molar-refractivity contribution < 1.29 is 14.0 Å². The molecule has 1 aromatic carbocycles. The number of allylic oxidation sites excluding steroid dienone is 2. The number of nitrogens with zero attached hydrogens (tertiary/aromatic N) is 1. The molecule has 1 aliphatic heterocycles. The molecule has 0 radical (unpaired) electrons. The lowest BCUT2D eigenvalue weighted by Crippen LogP contribution is -2.32. The molecule has 0 N–H and O–H groups in total. The molecule has 0 spiro atoms. The lowest BCUT2D eigenvalue weighted by molar-refractivity contribution is -0.123. The van der Waals surface area contributed by atoms with E-state index in [1.165, 1.54) is 12.1 Å². The van der Waals surface area contributed by atoms with Gasteiger partial charge < -0.3 is 0 Å². The first-order valence-electron chi connectivity index (χ1n) is 6.59. The minimum atomic E-state index is -0.622. The van der Waals surface area contributed by atoms with Gasteiger partial charge >= 0.3 is 0 Å². The van der Waals surface area contributed by atoms with E-state index >= 15 is 0 Å². The number of imide groups is 1. The molecule has 4 atom stereocenters. The lowest BCUT2D eigenvalue weighted by atomic mass is 9.85. The first-order chi connectivity index (χ1) is 9.58. The van der Waals surface area contributed by atoms with Crippen LogP contribution in [0.4, 0.5) is 10.1 Å². The van der Waals surface area contributed by atoms with E-state index in [0.717, 1.165) is 17.4 Å². The van der Waals surface area contributed by atoms with Crippen molar-refractivity contribution >= 4 is 29.1 Å². The van der Waals surface area contributed by atoms with E-state index in [9.17, 15) is 14.0 Å². The van der Waals surface area contributed by atoms with Gasteiger partial charge in [-0.2, -0.15) is 0 Å². The molecule has 4 rings (SSSR count). The van der Waals surface area contributed by atoms with Crippen LogP contribution in [0.25, 0.3) is 0 Å². The van der Waals surface area contributed by atoms with Crippen molar-refractivity contribution in [2.45, 2.75) is 6.42 Å². The topological polar surface area (TPSA) is 37.4 Å². The van der Waals surface area contributed by atoms with Crippen molar-refractivity contribution in [2.24, 2.45) is 23.7 Å². The Morgan fingerprint density at radius 1 is 1.10 bits per heavy atom. The van der Waals surface area contributed by atoms with Gasteiger partial charge in [0.1, 0.15) is 5.82 Å². The maximum atomic E-state index is 13.5. The number of benzene rings is 1. The Bertz CT molecular complexity index is 642. The third-order valence-corrected chi connectivity index (χ3v) is 4.94. The summed E-state index contributed by atoms with van der Waals surface area (Å²) in [5, 5.41) is -0.0187. The number of fused-ring (bicyclic) bond motifs is 5. The summed E-state index contributed by atoms with van der Waals surface area (Å²) in [5.41, 5.74) is 0.274. The molecule has 1 aromatic rings. The quantitative estimate of drug-likeness (QED) is 0.589. The maximum absolute atomic E-state index is 13.5. The molecule has 1 saturated carbocycles. The van der Waals surface area contributed by atoms with Crippen LogP contribution in [0, 0.1) is 29.5 Å². The molecule has 3 aliphatic rings. The van der Waals surface area contributed by atoms with Crippen LogP contribution in [0.2, 0.25) is 5.02 Å². The van der Waals surface area contributed by atoms with Gasteiger partial charge in [0.25, 0.3) is 0 Å². The summed E-state index contributed by atoms with van der Waals surface area (Å²) in [4.78, 5) is 26.1. The molecule has 20 heavy (non-hydrogen) atoms. The maximum Gasteiger partial charge on any atom is 0.238 e. The van der Waals surface area contributed by atoms with Crippen LogP contribution in [-0.2, 0) is 9.59 Å². The summed E-state index contributed by atoms with van der Waals surface area (Å²) >= 11 is 5.64. The normalized spacial score (nSPS) is 34.2. The summed E-state index contributed by atoms with van der Waals surface area (Å²) in [6, 6.07) is 4.03. The van der Waals surface area contributed by atoms with Gasteiger partial charge in [-0.15, -0.1) is 0 Å². The molecule has 2 aliphatic carbocycles. The Balaban J connectivity index is 1.76. The average Bonchev–Trinajstić information content (AvgIpc) is 3.08. The van der Waals surface area contributed by atoms with Gasteiger partial charge in [0.15, 0.2) is 0 Å². The van der Waals surface area contributed by atoms with E-state index in [1.807, 2.05) is 12.2 Å². The van der Waals surface area contributed by atoms with Gasteiger partial charge in [-0.25, -0.2) is 9.29 Å². The van der Waals surface area contributed by atoms with Gasteiger partial charge in [0.05, 0.1) is 22.5 Å². The largest absolute Gasteiger partial charge is 0.274 e. The smallest absolute Gasteiger partial charge is 0.238 e. The molecule has 2 fully saturated rings.